The third kappa shape index (κ3) is 2.67. The SMILES string of the molecule is CC#CC(=O)Oc1ccc2cc(C(=O)[O-])c(=O)oc2c1. The number of carbonyl (C=O) groups is 2. The van der Waals surface area contributed by atoms with Crippen LogP contribution in [-0.4, -0.2) is 11.9 Å². The number of carboxylic acid groups (broad SMARTS) is 1. The Morgan fingerprint density at radius 2 is 2.05 bits per heavy atom. The highest BCUT2D eigenvalue weighted by molar-refractivity contribution is 5.92. The molecule has 100 valence electrons. The van der Waals surface area contributed by atoms with E-state index in [-0.39, 0.29) is 11.3 Å². The summed E-state index contributed by atoms with van der Waals surface area (Å²) in [5, 5.41) is 11.1. The van der Waals surface area contributed by atoms with E-state index in [4.69, 9.17) is 9.15 Å². The molecule has 0 saturated carbocycles. The summed E-state index contributed by atoms with van der Waals surface area (Å²) in [6.07, 6.45) is 0. The van der Waals surface area contributed by atoms with Gasteiger partial charge >= 0.3 is 11.6 Å². The zero-order chi connectivity index (χ0) is 14.7. The zero-order valence-electron chi connectivity index (χ0n) is 10.3. The Hall–Kier alpha value is -3.07. The molecule has 20 heavy (non-hydrogen) atoms. The van der Waals surface area contributed by atoms with Gasteiger partial charge in [0.15, 0.2) is 0 Å². The summed E-state index contributed by atoms with van der Waals surface area (Å²) >= 11 is 0. The number of aromatic carboxylic acids is 1. The van der Waals surface area contributed by atoms with Gasteiger partial charge in [0.05, 0.1) is 11.5 Å². The first-order chi connectivity index (χ1) is 9.51. The molecule has 0 amide bonds. The molecule has 0 spiro atoms. The standard InChI is InChI=1S/C14H8O6/c1-2-3-12(15)19-9-5-4-8-6-10(13(16)17)14(18)20-11(8)7-9/h4-7H,1H3,(H,16,17)/p-1. The van der Waals surface area contributed by atoms with Gasteiger partial charge in [-0.3, -0.25) is 0 Å². The Kier molecular flexibility index (Phi) is 3.53. The number of rotatable bonds is 2. The maximum atomic E-state index is 11.4. The van der Waals surface area contributed by atoms with Crippen LogP contribution >= 0.6 is 0 Å². The maximum Gasteiger partial charge on any atom is 0.389 e. The lowest BCUT2D eigenvalue weighted by Crippen LogP contribution is -2.28. The summed E-state index contributed by atoms with van der Waals surface area (Å²) in [6.45, 7) is 1.49. The predicted molar refractivity (Wildman–Crippen MR) is 65.9 cm³/mol. The fraction of sp³-hybridized carbons (Fsp3) is 0.0714. The second-order valence-corrected chi connectivity index (χ2v) is 3.70. The number of hydrogen-bond acceptors (Lipinski definition) is 6. The molecule has 0 unspecified atom stereocenters. The third-order valence-corrected chi connectivity index (χ3v) is 2.36. The molecular weight excluding hydrogens is 264 g/mol. The lowest BCUT2D eigenvalue weighted by molar-refractivity contribution is -0.255. The largest absolute Gasteiger partial charge is 0.545 e. The van der Waals surface area contributed by atoms with E-state index >= 15 is 0 Å². The number of fused-ring (bicyclic) bond motifs is 1. The average molecular weight is 271 g/mol. The minimum atomic E-state index is -1.62. The molecule has 0 saturated heterocycles. The summed E-state index contributed by atoms with van der Waals surface area (Å²) in [7, 11) is 0. The van der Waals surface area contributed by atoms with Gasteiger partial charge in [-0.1, -0.05) is 5.92 Å². The number of esters is 1. The molecule has 1 aromatic carbocycles. The van der Waals surface area contributed by atoms with Crippen LogP contribution in [0, 0.1) is 11.8 Å². The normalized spacial score (nSPS) is 9.65. The lowest BCUT2D eigenvalue weighted by Gasteiger charge is -2.04. The molecule has 0 N–H and O–H groups in total. The highest BCUT2D eigenvalue weighted by atomic mass is 16.5. The van der Waals surface area contributed by atoms with Crippen LogP contribution in [0.25, 0.3) is 11.0 Å². The molecule has 0 aliphatic heterocycles. The van der Waals surface area contributed by atoms with Crippen LogP contribution in [0.5, 0.6) is 5.75 Å². The Morgan fingerprint density at radius 1 is 1.30 bits per heavy atom. The molecule has 6 heteroatoms. The van der Waals surface area contributed by atoms with Crippen LogP contribution in [0.3, 0.4) is 0 Å². The van der Waals surface area contributed by atoms with E-state index in [2.05, 4.69) is 11.8 Å². The molecule has 1 heterocycles. The van der Waals surface area contributed by atoms with Gasteiger partial charge in [0.1, 0.15) is 11.3 Å². The van der Waals surface area contributed by atoms with Gasteiger partial charge in [0.2, 0.25) is 0 Å². The lowest BCUT2D eigenvalue weighted by atomic mass is 10.2. The second kappa shape index (κ2) is 5.28. The Bertz CT molecular complexity index is 819. The van der Waals surface area contributed by atoms with Crippen molar-refractivity contribution < 1.29 is 23.8 Å². The van der Waals surface area contributed by atoms with Crippen molar-refractivity contribution in [3.63, 3.8) is 0 Å². The molecule has 0 bridgehead atoms. The van der Waals surface area contributed by atoms with E-state index in [1.54, 1.807) is 0 Å². The minimum Gasteiger partial charge on any atom is -0.545 e. The third-order valence-electron chi connectivity index (χ3n) is 2.36. The smallest absolute Gasteiger partial charge is 0.389 e. The predicted octanol–water partition coefficient (Wildman–Crippen LogP) is 0.0852. The molecule has 0 aliphatic rings. The van der Waals surface area contributed by atoms with E-state index in [1.165, 1.54) is 25.1 Å². The summed E-state index contributed by atoms with van der Waals surface area (Å²) in [5.74, 6) is 2.34. The summed E-state index contributed by atoms with van der Waals surface area (Å²) in [6, 6.07) is 5.31. The molecule has 0 atom stereocenters. The maximum absolute atomic E-state index is 11.4. The highest BCUT2D eigenvalue weighted by Crippen LogP contribution is 2.20. The molecule has 2 aromatic rings. The minimum absolute atomic E-state index is 0.0924. The van der Waals surface area contributed by atoms with Gasteiger partial charge < -0.3 is 19.1 Å². The first-order valence-corrected chi connectivity index (χ1v) is 5.45. The van der Waals surface area contributed by atoms with Crippen LogP contribution in [0.4, 0.5) is 0 Å². The molecule has 6 nitrogen and oxygen atoms in total. The van der Waals surface area contributed by atoms with Crippen molar-refractivity contribution in [3.8, 4) is 17.6 Å². The number of hydrogen-bond donors (Lipinski definition) is 0. The van der Waals surface area contributed by atoms with Crippen molar-refractivity contribution in [2.45, 2.75) is 6.92 Å². The van der Waals surface area contributed by atoms with E-state index in [1.807, 2.05) is 0 Å². The summed E-state index contributed by atoms with van der Waals surface area (Å²) in [4.78, 5) is 33.3. The average Bonchev–Trinajstić information content (AvgIpc) is 2.37. The van der Waals surface area contributed by atoms with E-state index < -0.39 is 23.1 Å². The summed E-state index contributed by atoms with van der Waals surface area (Å²) < 4.78 is 9.71. The number of carboxylic acids is 1. The highest BCUT2D eigenvalue weighted by Gasteiger charge is 2.08. The van der Waals surface area contributed by atoms with Crippen molar-refractivity contribution in [1.29, 1.82) is 0 Å². The molecule has 2 rings (SSSR count). The van der Waals surface area contributed by atoms with Gasteiger partial charge in [-0.05, 0) is 25.1 Å². The van der Waals surface area contributed by atoms with Crippen molar-refractivity contribution in [2.75, 3.05) is 0 Å². The molecule has 0 aliphatic carbocycles. The van der Waals surface area contributed by atoms with Crippen LogP contribution in [-0.2, 0) is 4.79 Å². The topological polar surface area (TPSA) is 96.6 Å². The van der Waals surface area contributed by atoms with E-state index in [9.17, 15) is 19.5 Å². The van der Waals surface area contributed by atoms with Crippen LogP contribution in [0.1, 0.15) is 17.3 Å². The van der Waals surface area contributed by atoms with Crippen LogP contribution in [0.2, 0.25) is 0 Å². The first-order valence-electron chi connectivity index (χ1n) is 5.45. The Labute approximate surface area is 112 Å². The van der Waals surface area contributed by atoms with E-state index in [0.29, 0.717) is 5.39 Å². The monoisotopic (exact) mass is 271 g/mol. The zero-order valence-corrected chi connectivity index (χ0v) is 10.3. The van der Waals surface area contributed by atoms with Gasteiger partial charge in [0.25, 0.3) is 0 Å². The Morgan fingerprint density at radius 3 is 2.70 bits per heavy atom. The van der Waals surface area contributed by atoms with Gasteiger partial charge in [0, 0.05) is 17.4 Å². The summed E-state index contributed by atoms with van der Waals surface area (Å²) in [5.41, 5.74) is -1.51. The van der Waals surface area contributed by atoms with Gasteiger partial charge in [-0.15, -0.1) is 0 Å². The number of carbonyl (C=O) groups excluding carboxylic acids is 2. The fourth-order valence-electron chi connectivity index (χ4n) is 1.53. The van der Waals surface area contributed by atoms with Crippen molar-refractivity contribution >= 4 is 22.9 Å². The number of benzene rings is 1. The Balaban J connectivity index is 2.47. The second-order valence-electron chi connectivity index (χ2n) is 3.70. The van der Waals surface area contributed by atoms with Gasteiger partial charge in [-0.25, -0.2) is 9.59 Å². The van der Waals surface area contributed by atoms with Crippen molar-refractivity contribution in [1.82, 2.24) is 0 Å². The number of ether oxygens (including phenoxy) is 1. The van der Waals surface area contributed by atoms with Crippen molar-refractivity contribution in [2.24, 2.45) is 0 Å². The van der Waals surface area contributed by atoms with E-state index in [0.717, 1.165) is 6.07 Å². The molecule has 0 radical (unpaired) electrons. The van der Waals surface area contributed by atoms with Crippen LogP contribution in [0.15, 0.2) is 33.5 Å². The fourth-order valence-corrected chi connectivity index (χ4v) is 1.53. The molecule has 0 fully saturated rings. The molecule has 1 aromatic heterocycles. The molecular formula is C14H7O6-. The quantitative estimate of drug-likeness (QED) is 0.252. The van der Waals surface area contributed by atoms with Crippen molar-refractivity contribution in [3.05, 3.63) is 40.2 Å². The van der Waals surface area contributed by atoms with Gasteiger partial charge in [-0.2, -0.15) is 0 Å². The van der Waals surface area contributed by atoms with Crippen LogP contribution < -0.4 is 15.5 Å². The first kappa shape index (κ1) is 13.4.